The molecule has 4 aromatic rings. The monoisotopic (exact) mass is 348 g/mol. The molecule has 2 aromatic carbocycles. The summed E-state index contributed by atoms with van der Waals surface area (Å²) in [6.07, 6.45) is 1.84. The summed E-state index contributed by atoms with van der Waals surface area (Å²) in [5.74, 6) is 0.496. The van der Waals surface area contributed by atoms with Crippen LogP contribution in [0.25, 0.3) is 11.4 Å². The van der Waals surface area contributed by atoms with Gasteiger partial charge >= 0.3 is 5.69 Å². The quantitative estimate of drug-likeness (QED) is 0.549. The van der Waals surface area contributed by atoms with Crippen LogP contribution in [0.4, 0.5) is 0 Å². The third-order valence-electron chi connectivity index (χ3n) is 3.90. The van der Waals surface area contributed by atoms with E-state index in [0.29, 0.717) is 11.6 Å². The lowest BCUT2D eigenvalue weighted by molar-refractivity contribution is 0.291. The predicted molar refractivity (Wildman–Crippen MR) is 94.5 cm³/mol. The number of benzene rings is 2. The first-order chi connectivity index (χ1) is 12.7. The summed E-state index contributed by atoms with van der Waals surface area (Å²) in [4.78, 5) is 12.1. The number of nitrogens with zero attached hydrogens (tertiary/aromatic N) is 6. The van der Waals surface area contributed by atoms with Gasteiger partial charge in [-0.05, 0) is 28.6 Å². The van der Waals surface area contributed by atoms with Crippen LogP contribution in [-0.2, 0) is 13.7 Å². The Balaban J connectivity index is 1.55. The highest BCUT2D eigenvalue weighted by Gasteiger charge is 2.11. The summed E-state index contributed by atoms with van der Waals surface area (Å²) in [5.41, 5.74) is 2.08. The second-order valence-corrected chi connectivity index (χ2v) is 5.65. The van der Waals surface area contributed by atoms with Gasteiger partial charge in [0.1, 0.15) is 6.61 Å². The van der Waals surface area contributed by atoms with Gasteiger partial charge in [0, 0.05) is 24.9 Å². The fourth-order valence-electron chi connectivity index (χ4n) is 2.56. The Morgan fingerprint density at radius 2 is 1.73 bits per heavy atom. The number of hydrogen-bond donors (Lipinski definition) is 0. The molecule has 4 rings (SSSR count). The van der Waals surface area contributed by atoms with E-state index in [0.717, 1.165) is 11.3 Å². The number of aryl methyl sites for hydroxylation is 1. The predicted octanol–water partition coefficient (Wildman–Crippen LogP) is 1.73. The maximum Gasteiger partial charge on any atom is 0.368 e. The molecule has 8 nitrogen and oxygen atoms in total. The van der Waals surface area contributed by atoms with Gasteiger partial charge in [0.15, 0.2) is 0 Å². The van der Waals surface area contributed by atoms with E-state index in [1.807, 2.05) is 54.7 Å². The maximum absolute atomic E-state index is 12.1. The molecule has 0 bridgehead atoms. The second kappa shape index (κ2) is 6.67. The standard InChI is InChI=1S/C18H16N6O2/c1-22-18(25)24(21-20-22)16-10-6-5-7-14(16)13-26-17-11-12-23(19-17)15-8-3-2-4-9-15/h2-12H,13H2,1H3. The summed E-state index contributed by atoms with van der Waals surface area (Å²) in [5, 5.41) is 12.0. The molecule has 2 heterocycles. The lowest BCUT2D eigenvalue weighted by Gasteiger charge is -2.08. The summed E-state index contributed by atoms with van der Waals surface area (Å²) in [6.45, 7) is 0.255. The van der Waals surface area contributed by atoms with Crippen molar-refractivity contribution in [1.29, 1.82) is 0 Å². The van der Waals surface area contributed by atoms with Crippen molar-refractivity contribution < 1.29 is 4.74 Å². The zero-order chi connectivity index (χ0) is 17.9. The normalized spacial score (nSPS) is 10.8. The number of ether oxygens (including phenoxy) is 1. The van der Waals surface area contributed by atoms with E-state index in [1.54, 1.807) is 23.9 Å². The third kappa shape index (κ3) is 3.00. The van der Waals surface area contributed by atoms with Crippen LogP contribution in [0.15, 0.2) is 71.7 Å². The van der Waals surface area contributed by atoms with Crippen molar-refractivity contribution in [2.75, 3.05) is 0 Å². The minimum atomic E-state index is -0.314. The Kier molecular flexibility index (Phi) is 4.06. The number of aromatic nitrogens is 6. The first kappa shape index (κ1) is 15.8. The van der Waals surface area contributed by atoms with Crippen molar-refractivity contribution in [3.8, 4) is 17.3 Å². The molecule has 130 valence electrons. The highest BCUT2D eigenvalue weighted by molar-refractivity contribution is 5.39. The molecule has 0 fully saturated rings. The fraction of sp³-hybridized carbons (Fsp3) is 0.111. The van der Waals surface area contributed by atoms with E-state index in [2.05, 4.69) is 15.5 Å². The first-order valence-electron chi connectivity index (χ1n) is 8.03. The van der Waals surface area contributed by atoms with Gasteiger partial charge in [0.25, 0.3) is 0 Å². The van der Waals surface area contributed by atoms with E-state index >= 15 is 0 Å². The van der Waals surface area contributed by atoms with Crippen molar-refractivity contribution >= 4 is 0 Å². The van der Waals surface area contributed by atoms with Gasteiger partial charge in [0.05, 0.1) is 11.4 Å². The number of tetrazole rings is 1. The van der Waals surface area contributed by atoms with Crippen LogP contribution in [-0.4, -0.2) is 29.6 Å². The Morgan fingerprint density at radius 1 is 0.962 bits per heavy atom. The van der Waals surface area contributed by atoms with Gasteiger partial charge < -0.3 is 4.74 Å². The Bertz CT molecular complexity index is 1080. The van der Waals surface area contributed by atoms with Crippen molar-refractivity contribution in [2.24, 2.45) is 7.05 Å². The maximum atomic E-state index is 12.1. The smallest absolute Gasteiger partial charge is 0.368 e. The molecule has 0 aliphatic heterocycles. The zero-order valence-electron chi connectivity index (χ0n) is 14.1. The van der Waals surface area contributed by atoms with E-state index in [4.69, 9.17) is 4.74 Å². The molecule has 0 spiro atoms. The number of para-hydroxylation sites is 2. The average Bonchev–Trinajstić information content (AvgIpc) is 3.29. The lowest BCUT2D eigenvalue weighted by Crippen LogP contribution is -2.23. The van der Waals surface area contributed by atoms with Crippen molar-refractivity contribution in [3.05, 3.63) is 82.9 Å². The van der Waals surface area contributed by atoms with Crippen LogP contribution in [0.2, 0.25) is 0 Å². The molecule has 0 aliphatic carbocycles. The van der Waals surface area contributed by atoms with Crippen LogP contribution in [0.3, 0.4) is 0 Å². The molecule has 0 unspecified atom stereocenters. The van der Waals surface area contributed by atoms with Crippen LogP contribution in [0, 0.1) is 0 Å². The summed E-state index contributed by atoms with van der Waals surface area (Å²) >= 11 is 0. The van der Waals surface area contributed by atoms with E-state index in [1.165, 1.54) is 9.36 Å². The summed E-state index contributed by atoms with van der Waals surface area (Å²) < 4.78 is 9.98. The van der Waals surface area contributed by atoms with Gasteiger partial charge in [-0.1, -0.05) is 36.4 Å². The van der Waals surface area contributed by atoms with Crippen molar-refractivity contribution in [2.45, 2.75) is 6.61 Å². The highest BCUT2D eigenvalue weighted by Crippen LogP contribution is 2.16. The molecule has 8 heteroatoms. The molecule has 26 heavy (non-hydrogen) atoms. The van der Waals surface area contributed by atoms with Gasteiger partial charge in [0.2, 0.25) is 5.88 Å². The molecule has 0 atom stereocenters. The SMILES string of the molecule is Cn1nnn(-c2ccccc2COc2ccn(-c3ccccc3)n2)c1=O. The molecule has 0 radical (unpaired) electrons. The third-order valence-corrected chi connectivity index (χ3v) is 3.90. The second-order valence-electron chi connectivity index (χ2n) is 5.65. The molecule has 0 saturated heterocycles. The van der Waals surface area contributed by atoms with Gasteiger partial charge in [-0.15, -0.1) is 5.10 Å². The molecule has 0 N–H and O–H groups in total. The Hall–Kier alpha value is -3.68. The number of hydrogen-bond acceptors (Lipinski definition) is 5. The lowest BCUT2D eigenvalue weighted by atomic mass is 10.2. The minimum Gasteiger partial charge on any atom is -0.472 e. The van der Waals surface area contributed by atoms with Crippen LogP contribution in [0.1, 0.15) is 5.56 Å². The average molecular weight is 348 g/mol. The first-order valence-corrected chi connectivity index (χ1v) is 8.03. The topological polar surface area (TPSA) is 79.8 Å². The van der Waals surface area contributed by atoms with E-state index < -0.39 is 0 Å². The molecule has 0 amide bonds. The molecule has 2 aromatic heterocycles. The fourth-order valence-corrected chi connectivity index (χ4v) is 2.56. The summed E-state index contributed by atoms with van der Waals surface area (Å²) in [7, 11) is 1.56. The Labute approximate surface area is 148 Å². The van der Waals surface area contributed by atoms with Crippen LogP contribution < -0.4 is 10.4 Å². The molecule has 0 aliphatic rings. The highest BCUT2D eigenvalue weighted by atomic mass is 16.5. The van der Waals surface area contributed by atoms with Gasteiger partial charge in [-0.25, -0.2) is 9.48 Å². The molecule has 0 saturated carbocycles. The van der Waals surface area contributed by atoms with Gasteiger partial charge in [-0.2, -0.15) is 9.36 Å². The Morgan fingerprint density at radius 3 is 2.50 bits per heavy atom. The molecular weight excluding hydrogens is 332 g/mol. The zero-order valence-corrected chi connectivity index (χ0v) is 14.1. The van der Waals surface area contributed by atoms with Crippen LogP contribution in [0.5, 0.6) is 5.88 Å². The van der Waals surface area contributed by atoms with E-state index in [9.17, 15) is 4.79 Å². The summed E-state index contributed by atoms with van der Waals surface area (Å²) in [6, 6.07) is 19.0. The van der Waals surface area contributed by atoms with Crippen molar-refractivity contribution in [3.63, 3.8) is 0 Å². The van der Waals surface area contributed by atoms with Crippen molar-refractivity contribution in [1.82, 2.24) is 29.6 Å². The number of rotatable bonds is 5. The molecular formula is C18H16N6O2. The largest absolute Gasteiger partial charge is 0.472 e. The van der Waals surface area contributed by atoms with Gasteiger partial charge in [-0.3, -0.25) is 0 Å². The van der Waals surface area contributed by atoms with Crippen LogP contribution >= 0.6 is 0 Å². The van der Waals surface area contributed by atoms with E-state index in [-0.39, 0.29) is 12.3 Å². The minimum absolute atomic E-state index is 0.255.